The van der Waals surface area contributed by atoms with Crippen LogP contribution in [-0.4, -0.2) is 48.3 Å². The maximum Gasteiger partial charge on any atom is 0.573 e. The maximum absolute atomic E-state index is 12.8. The van der Waals surface area contributed by atoms with Gasteiger partial charge in [0.1, 0.15) is 5.75 Å². The molecule has 4 rings (SSSR count). The van der Waals surface area contributed by atoms with Crippen LogP contribution < -0.4 is 15.0 Å². The molecule has 1 amide bonds. The summed E-state index contributed by atoms with van der Waals surface area (Å²) in [5.74, 6) is -0.290. The molecule has 34 heavy (non-hydrogen) atoms. The van der Waals surface area contributed by atoms with E-state index in [1.807, 2.05) is 30.0 Å². The van der Waals surface area contributed by atoms with E-state index >= 15 is 0 Å². The third-order valence-electron chi connectivity index (χ3n) is 5.37. The highest BCUT2D eigenvalue weighted by atomic mass is 35.5. The van der Waals surface area contributed by atoms with Gasteiger partial charge < -0.3 is 19.9 Å². The third-order valence-corrected chi connectivity index (χ3v) is 6.41. The number of aryl methyl sites for hydroxylation is 1. The molecule has 11 heteroatoms. The van der Waals surface area contributed by atoms with E-state index in [2.05, 4.69) is 19.9 Å². The second-order valence-electron chi connectivity index (χ2n) is 7.82. The van der Waals surface area contributed by atoms with Crippen molar-refractivity contribution < 1.29 is 22.7 Å². The van der Waals surface area contributed by atoms with Crippen molar-refractivity contribution in [1.82, 2.24) is 9.88 Å². The van der Waals surface area contributed by atoms with Crippen LogP contribution in [0.3, 0.4) is 0 Å². The first-order valence-corrected chi connectivity index (χ1v) is 11.8. The number of amides is 1. The first kappa shape index (κ1) is 24.2. The molecule has 0 radical (unpaired) electrons. The zero-order valence-corrected chi connectivity index (χ0v) is 19.8. The molecule has 0 spiro atoms. The van der Waals surface area contributed by atoms with Crippen molar-refractivity contribution in [2.24, 2.45) is 0 Å². The van der Waals surface area contributed by atoms with E-state index in [0.717, 1.165) is 24.3 Å². The number of hydrogen-bond donors (Lipinski definition) is 1. The number of thiazole rings is 1. The number of ether oxygens (including phenoxy) is 1. The fourth-order valence-corrected chi connectivity index (χ4v) is 4.59. The molecule has 1 aromatic heterocycles. The lowest BCUT2D eigenvalue weighted by atomic mass is 10.1. The number of nitrogens with one attached hydrogen (secondary N) is 1. The summed E-state index contributed by atoms with van der Waals surface area (Å²) in [6.45, 7) is 4.73. The van der Waals surface area contributed by atoms with Crippen LogP contribution in [0.15, 0.2) is 47.8 Å². The van der Waals surface area contributed by atoms with Gasteiger partial charge in [0.15, 0.2) is 5.13 Å². The van der Waals surface area contributed by atoms with Crippen LogP contribution in [0, 0.1) is 6.92 Å². The number of carbonyl (C=O) groups excluding carboxylic acids is 1. The summed E-state index contributed by atoms with van der Waals surface area (Å²) in [4.78, 5) is 21.3. The van der Waals surface area contributed by atoms with Gasteiger partial charge in [-0.1, -0.05) is 17.7 Å². The van der Waals surface area contributed by atoms with E-state index in [4.69, 9.17) is 11.6 Å². The first-order valence-electron chi connectivity index (χ1n) is 10.5. The van der Waals surface area contributed by atoms with Gasteiger partial charge in [0.05, 0.1) is 12.1 Å². The molecule has 2 heterocycles. The lowest BCUT2D eigenvalue weighted by Crippen LogP contribution is -2.49. The number of nitrogens with zero attached hydrogens (tertiary/aromatic N) is 3. The predicted molar refractivity (Wildman–Crippen MR) is 127 cm³/mol. The Kier molecular flexibility index (Phi) is 7.18. The van der Waals surface area contributed by atoms with Gasteiger partial charge in [-0.2, -0.15) is 0 Å². The normalized spacial score (nSPS) is 14.3. The number of benzene rings is 2. The Labute approximate surface area is 203 Å². The van der Waals surface area contributed by atoms with E-state index in [1.54, 1.807) is 5.38 Å². The highest BCUT2D eigenvalue weighted by molar-refractivity contribution is 7.13. The summed E-state index contributed by atoms with van der Waals surface area (Å²) >= 11 is 7.46. The minimum absolute atomic E-state index is 0.00738. The van der Waals surface area contributed by atoms with Crippen molar-refractivity contribution in [3.05, 3.63) is 64.1 Å². The Morgan fingerprint density at radius 1 is 1.15 bits per heavy atom. The fourth-order valence-electron chi connectivity index (χ4n) is 3.70. The summed E-state index contributed by atoms with van der Waals surface area (Å²) in [6, 6.07) is 11.2. The molecule has 0 saturated carbocycles. The molecular formula is C23H22ClF3N4O2S. The number of hydrogen-bond acceptors (Lipinski definition) is 6. The Morgan fingerprint density at radius 3 is 2.53 bits per heavy atom. The van der Waals surface area contributed by atoms with E-state index in [0.29, 0.717) is 34.6 Å². The van der Waals surface area contributed by atoms with Gasteiger partial charge >= 0.3 is 6.36 Å². The van der Waals surface area contributed by atoms with Crippen LogP contribution in [0.25, 0.3) is 0 Å². The smallest absolute Gasteiger partial charge is 0.406 e. The van der Waals surface area contributed by atoms with Crippen molar-refractivity contribution in [2.75, 3.05) is 36.4 Å². The number of anilines is 3. The number of rotatable bonds is 6. The number of aromatic nitrogens is 1. The van der Waals surface area contributed by atoms with Gasteiger partial charge in [-0.05, 0) is 48.9 Å². The van der Waals surface area contributed by atoms with Crippen molar-refractivity contribution in [3.63, 3.8) is 0 Å². The Hall–Kier alpha value is -2.98. The van der Waals surface area contributed by atoms with Crippen molar-refractivity contribution >= 4 is 45.4 Å². The lowest BCUT2D eigenvalue weighted by molar-refractivity contribution is -0.274. The average molecular weight is 511 g/mol. The Bertz CT molecular complexity index is 1150. The zero-order valence-electron chi connectivity index (χ0n) is 18.2. The third kappa shape index (κ3) is 6.32. The van der Waals surface area contributed by atoms with Crippen LogP contribution in [-0.2, 0) is 11.2 Å². The monoisotopic (exact) mass is 510 g/mol. The quantitative estimate of drug-likeness (QED) is 0.465. The Morgan fingerprint density at radius 2 is 1.85 bits per heavy atom. The molecule has 0 bridgehead atoms. The van der Waals surface area contributed by atoms with Gasteiger partial charge in [0.25, 0.3) is 0 Å². The molecular weight excluding hydrogens is 489 g/mol. The Balaban J connectivity index is 1.29. The van der Waals surface area contributed by atoms with E-state index in [-0.39, 0.29) is 18.1 Å². The van der Waals surface area contributed by atoms with Crippen LogP contribution in [0.5, 0.6) is 5.75 Å². The lowest BCUT2D eigenvalue weighted by Gasteiger charge is -2.36. The summed E-state index contributed by atoms with van der Waals surface area (Å²) in [7, 11) is 0. The number of alkyl halides is 3. The fraction of sp³-hybridized carbons (Fsp3) is 0.304. The molecule has 6 nitrogen and oxygen atoms in total. The van der Waals surface area contributed by atoms with Gasteiger partial charge in [0, 0.05) is 48.0 Å². The van der Waals surface area contributed by atoms with Crippen molar-refractivity contribution in [1.29, 1.82) is 0 Å². The van der Waals surface area contributed by atoms with Crippen LogP contribution in [0.4, 0.5) is 29.7 Å². The molecule has 2 aromatic carbocycles. The van der Waals surface area contributed by atoms with Crippen molar-refractivity contribution in [3.8, 4) is 5.75 Å². The second-order valence-corrected chi connectivity index (χ2v) is 9.11. The second kappa shape index (κ2) is 10.1. The molecule has 1 aliphatic heterocycles. The molecule has 1 aliphatic rings. The highest BCUT2D eigenvalue weighted by Crippen LogP contribution is 2.27. The molecule has 3 aromatic rings. The molecule has 0 atom stereocenters. The average Bonchev–Trinajstić information content (AvgIpc) is 3.22. The van der Waals surface area contributed by atoms with Gasteiger partial charge in [-0.3, -0.25) is 4.79 Å². The maximum atomic E-state index is 12.8. The molecule has 180 valence electrons. The summed E-state index contributed by atoms with van der Waals surface area (Å²) < 4.78 is 40.7. The summed E-state index contributed by atoms with van der Waals surface area (Å²) in [5, 5.41) is 6.07. The van der Waals surface area contributed by atoms with Gasteiger partial charge in [-0.15, -0.1) is 24.5 Å². The highest BCUT2D eigenvalue weighted by Gasteiger charge is 2.31. The molecule has 0 aliphatic carbocycles. The molecule has 1 fully saturated rings. The van der Waals surface area contributed by atoms with Crippen LogP contribution >= 0.6 is 22.9 Å². The topological polar surface area (TPSA) is 57.7 Å². The largest absolute Gasteiger partial charge is 0.573 e. The number of carbonyl (C=O) groups is 1. The SMILES string of the molecule is Cc1ccc(Cl)cc1N1CCN(C(=O)Cc2csc(Nc3ccc(OC(F)(F)F)cc3)n2)CC1. The van der Waals surface area contributed by atoms with E-state index < -0.39 is 6.36 Å². The molecule has 1 saturated heterocycles. The molecule has 1 N–H and O–H groups in total. The summed E-state index contributed by atoms with van der Waals surface area (Å²) in [6.07, 6.45) is -4.54. The predicted octanol–water partition coefficient (Wildman–Crippen LogP) is 5.64. The standard InChI is InChI=1S/C23H22ClF3N4O2S/c1-15-2-3-16(24)12-20(15)30-8-10-31(11-9-30)21(32)13-18-14-34-22(29-18)28-17-4-6-19(7-5-17)33-23(25,26)27/h2-7,12,14H,8-11,13H2,1H3,(H,28,29). The number of halogens is 4. The van der Waals surface area contributed by atoms with Gasteiger partial charge in [0.2, 0.25) is 5.91 Å². The summed E-state index contributed by atoms with van der Waals surface area (Å²) in [5.41, 5.74) is 3.44. The van der Waals surface area contributed by atoms with Crippen LogP contribution in [0.1, 0.15) is 11.3 Å². The van der Waals surface area contributed by atoms with Gasteiger partial charge in [-0.25, -0.2) is 4.98 Å². The van der Waals surface area contributed by atoms with Crippen LogP contribution in [0.2, 0.25) is 5.02 Å². The van der Waals surface area contributed by atoms with E-state index in [9.17, 15) is 18.0 Å². The zero-order chi connectivity index (χ0) is 24.3. The number of piperazine rings is 1. The molecule has 0 unspecified atom stereocenters. The minimum Gasteiger partial charge on any atom is -0.406 e. The van der Waals surface area contributed by atoms with E-state index in [1.165, 1.54) is 35.6 Å². The minimum atomic E-state index is -4.73. The first-order chi connectivity index (χ1) is 16.2. The van der Waals surface area contributed by atoms with Crippen molar-refractivity contribution in [2.45, 2.75) is 19.7 Å².